The number of carbonyl (C=O) groups is 1. The Morgan fingerprint density at radius 1 is 1.10 bits per heavy atom. The Morgan fingerprint density at radius 3 is 2.52 bits per heavy atom. The summed E-state index contributed by atoms with van der Waals surface area (Å²) in [6.07, 6.45) is 1.41. The molecular weight excluding hydrogens is 269 g/mol. The van der Waals surface area contributed by atoms with Gasteiger partial charge in [0.1, 0.15) is 5.82 Å². The number of benzene rings is 2. The number of hydrogen-bond donors (Lipinski definition) is 1. The Balaban J connectivity index is 2.16. The van der Waals surface area contributed by atoms with Crippen LogP contribution in [0.1, 0.15) is 21.5 Å². The first kappa shape index (κ1) is 13.2. The van der Waals surface area contributed by atoms with Gasteiger partial charge in [0, 0.05) is 22.7 Å². The summed E-state index contributed by atoms with van der Waals surface area (Å²) < 4.78 is 12.9. The summed E-state index contributed by atoms with van der Waals surface area (Å²) in [6, 6.07) is 10.6. The minimum atomic E-state index is -0.422. The van der Waals surface area contributed by atoms with Gasteiger partial charge in [0.2, 0.25) is 5.43 Å². The molecular formula is C17H12FNO2. The predicted octanol–water partition coefficient (Wildman–Crippen LogP) is 3.21. The van der Waals surface area contributed by atoms with Crippen LogP contribution < -0.4 is 5.43 Å². The maximum absolute atomic E-state index is 12.9. The second kappa shape index (κ2) is 4.98. The number of aromatic nitrogens is 1. The average Bonchev–Trinajstić information content (AvgIpc) is 2.48. The van der Waals surface area contributed by atoms with E-state index in [9.17, 15) is 14.0 Å². The molecule has 0 amide bonds. The van der Waals surface area contributed by atoms with E-state index in [4.69, 9.17) is 0 Å². The van der Waals surface area contributed by atoms with Gasteiger partial charge in [-0.25, -0.2) is 4.39 Å². The molecule has 0 atom stereocenters. The first-order valence-electron chi connectivity index (χ1n) is 6.48. The van der Waals surface area contributed by atoms with Crippen LogP contribution in [0, 0.1) is 12.7 Å². The zero-order chi connectivity index (χ0) is 15.0. The topological polar surface area (TPSA) is 49.9 Å². The van der Waals surface area contributed by atoms with Crippen molar-refractivity contribution >= 4 is 16.7 Å². The van der Waals surface area contributed by atoms with Gasteiger partial charge in [0.15, 0.2) is 5.78 Å². The van der Waals surface area contributed by atoms with E-state index in [1.165, 1.54) is 30.5 Å². The quantitative estimate of drug-likeness (QED) is 0.733. The average molecular weight is 281 g/mol. The SMILES string of the molecule is Cc1ccc2[nH]cc(C(=O)c3ccc(F)cc3)c(=O)c2c1. The lowest BCUT2D eigenvalue weighted by molar-refractivity contribution is 0.103. The summed E-state index contributed by atoms with van der Waals surface area (Å²) in [7, 11) is 0. The van der Waals surface area contributed by atoms with Crippen molar-refractivity contribution in [2.45, 2.75) is 6.92 Å². The number of rotatable bonds is 2. The molecule has 2 aromatic carbocycles. The molecule has 3 aromatic rings. The van der Waals surface area contributed by atoms with Crippen LogP contribution in [0.5, 0.6) is 0 Å². The highest BCUT2D eigenvalue weighted by atomic mass is 19.1. The molecule has 0 radical (unpaired) electrons. The van der Waals surface area contributed by atoms with Crippen LogP contribution in [0.3, 0.4) is 0 Å². The van der Waals surface area contributed by atoms with E-state index in [0.29, 0.717) is 10.9 Å². The predicted molar refractivity (Wildman–Crippen MR) is 79.1 cm³/mol. The summed E-state index contributed by atoms with van der Waals surface area (Å²) in [5, 5.41) is 0.475. The van der Waals surface area contributed by atoms with Crippen molar-refractivity contribution in [3.8, 4) is 0 Å². The number of H-pyrrole nitrogens is 1. The Morgan fingerprint density at radius 2 is 1.81 bits per heavy atom. The maximum Gasteiger partial charge on any atom is 0.200 e. The van der Waals surface area contributed by atoms with Crippen molar-refractivity contribution in [3.63, 3.8) is 0 Å². The molecule has 1 aromatic heterocycles. The molecule has 3 nitrogen and oxygen atoms in total. The van der Waals surface area contributed by atoms with Gasteiger partial charge in [-0.3, -0.25) is 9.59 Å². The lowest BCUT2D eigenvalue weighted by Crippen LogP contribution is -2.16. The van der Waals surface area contributed by atoms with Gasteiger partial charge in [-0.05, 0) is 43.3 Å². The fraction of sp³-hybridized carbons (Fsp3) is 0.0588. The fourth-order valence-corrected chi connectivity index (χ4v) is 2.26. The third kappa shape index (κ3) is 2.36. The van der Waals surface area contributed by atoms with Gasteiger partial charge >= 0.3 is 0 Å². The molecule has 0 saturated heterocycles. The normalized spacial score (nSPS) is 10.8. The molecule has 0 unspecified atom stereocenters. The van der Waals surface area contributed by atoms with E-state index < -0.39 is 11.6 Å². The van der Waals surface area contributed by atoms with Gasteiger partial charge in [-0.2, -0.15) is 0 Å². The molecule has 0 aliphatic heterocycles. The molecule has 0 bridgehead atoms. The van der Waals surface area contributed by atoms with E-state index in [0.717, 1.165) is 5.56 Å². The number of aromatic amines is 1. The van der Waals surface area contributed by atoms with E-state index >= 15 is 0 Å². The molecule has 0 aliphatic rings. The molecule has 0 fully saturated rings. The summed E-state index contributed by atoms with van der Waals surface area (Å²) in [4.78, 5) is 27.8. The number of nitrogens with one attached hydrogen (secondary N) is 1. The van der Waals surface area contributed by atoms with Crippen LogP contribution in [-0.4, -0.2) is 10.8 Å². The molecule has 104 valence electrons. The molecule has 3 rings (SSSR count). The van der Waals surface area contributed by atoms with Crippen LogP contribution in [0.2, 0.25) is 0 Å². The molecule has 0 saturated carbocycles. The lowest BCUT2D eigenvalue weighted by Gasteiger charge is -2.04. The molecule has 21 heavy (non-hydrogen) atoms. The summed E-state index contributed by atoms with van der Waals surface area (Å²) in [6.45, 7) is 1.88. The van der Waals surface area contributed by atoms with E-state index in [2.05, 4.69) is 4.98 Å². The number of ketones is 1. The molecule has 1 N–H and O–H groups in total. The zero-order valence-electron chi connectivity index (χ0n) is 11.3. The number of aryl methyl sites for hydroxylation is 1. The Hall–Kier alpha value is -2.75. The largest absolute Gasteiger partial charge is 0.360 e. The Bertz CT molecular complexity index is 895. The van der Waals surface area contributed by atoms with E-state index in [-0.39, 0.29) is 16.6 Å². The Kier molecular flexibility index (Phi) is 3.14. The molecule has 1 heterocycles. The van der Waals surface area contributed by atoms with Crippen LogP contribution in [-0.2, 0) is 0 Å². The highest BCUT2D eigenvalue weighted by molar-refractivity contribution is 6.10. The standard InChI is InChI=1S/C17H12FNO2/c1-10-2-7-15-13(8-10)17(21)14(9-19-15)16(20)11-3-5-12(18)6-4-11/h2-9H,1H3,(H,19,21). The third-order valence-corrected chi connectivity index (χ3v) is 3.39. The summed E-state index contributed by atoms with van der Waals surface area (Å²) in [5.41, 5.74) is 1.65. The summed E-state index contributed by atoms with van der Waals surface area (Å²) in [5.74, 6) is -0.839. The first-order chi connectivity index (χ1) is 10.1. The lowest BCUT2D eigenvalue weighted by atomic mass is 10.0. The number of hydrogen-bond acceptors (Lipinski definition) is 2. The van der Waals surface area contributed by atoms with Gasteiger partial charge in [-0.15, -0.1) is 0 Å². The first-order valence-corrected chi connectivity index (χ1v) is 6.48. The van der Waals surface area contributed by atoms with E-state index in [1.807, 2.05) is 13.0 Å². The smallest absolute Gasteiger partial charge is 0.200 e. The van der Waals surface area contributed by atoms with Crippen molar-refractivity contribution in [1.29, 1.82) is 0 Å². The van der Waals surface area contributed by atoms with E-state index in [1.54, 1.807) is 12.1 Å². The van der Waals surface area contributed by atoms with Gasteiger partial charge in [0.05, 0.1) is 5.56 Å². The van der Waals surface area contributed by atoms with Crippen LogP contribution in [0.15, 0.2) is 53.5 Å². The Labute approximate surface area is 120 Å². The number of carbonyl (C=O) groups excluding carboxylic acids is 1. The van der Waals surface area contributed by atoms with Crippen molar-refractivity contribution in [1.82, 2.24) is 4.98 Å². The molecule has 4 heteroatoms. The molecule has 0 aliphatic carbocycles. The van der Waals surface area contributed by atoms with Crippen molar-refractivity contribution < 1.29 is 9.18 Å². The number of halogens is 1. The third-order valence-electron chi connectivity index (χ3n) is 3.39. The maximum atomic E-state index is 12.9. The van der Waals surface area contributed by atoms with Gasteiger partial charge < -0.3 is 4.98 Å². The van der Waals surface area contributed by atoms with Gasteiger partial charge in [-0.1, -0.05) is 11.6 Å². The van der Waals surface area contributed by atoms with Crippen LogP contribution in [0.4, 0.5) is 4.39 Å². The second-order valence-corrected chi connectivity index (χ2v) is 4.92. The van der Waals surface area contributed by atoms with Crippen LogP contribution >= 0.6 is 0 Å². The van der Waals surface area contributed by atoms with Crippen molar-refractivity contribution in [3.05, 3.63) is 81.4 Å². The minimum Gasteiger partial charge on any atom is -0.360 e. The highest BCUT2D eigenvalue weighted by Crippen LogP contribution is 2.13. The fourth-order valence-electron chi connectivity index (χ4n) is 2.26. The molecule has 0 spiro atoms. The highest BCUT2D eigenvalue weighted by Gasteiger charge is 2.15. The number of pyridine rings is 1. The second-order valence-electron chi connectivity index (χ2n) is 4.92. The van der Waals surface area contributed by atoms with Crippen molar-refractivity contribution in [2.75, 3.05) is 0 Å². The van der Waals surface area contributed by atoms with Gasteiger partial charge in [0.25, 0.3) is 0 Å². The number of fused-ring (bicyclic) bond motifs is 1. The summed E-state index contributed by atoms with van der Waals surface area (Å²) >= 11 is 0. The van der Waals surface area contributed by atoms with Crippen molar-refractivity contribution in [2.24, 2.45) is 0 Å². The zero-order valence-corrected chi connectivity index (χ0v) is 11.3. The minimum absolute atomic E-state index is 0.0553. The van der Waals surface area contributed by atoms with Crippen LogP contribution in [0.25, 0.3) is 10.9 Å². The monoisotopic (exact) mass is 281 g/mol.